The molecule has 0 spiro atoms. The highest BCUT2D eigenvalue weighted by molar-refractivity contribution is 5.81. The van der Waals surface area contributed by atoms with E-state index in [1.54, 1.807) is 32.4 Å². The number of hydrogen-bond donors (Lipinski definition) is 2. The van der Waals surface area contributed by atoms with Crippen LogP contribution in [0.5, 0.6) is 11.5 Å². The smallest absolute Gasteiger partial charge is 0.222 e. The zero-order chi connectivity index (χ0) is 18.7. The van der Waals surface area contributed by atoms with Crippen LogP contribution in [-0.2, 0) is 11.3 Å². The number of amides is 1. The number of likely N-dealkylation sites (tertiary alicyclic amines) is 1. The molecule has 0 aromatic heterocycles. The number of nitrogens with zero attached hydrogens (tertiary/aromatic N) is 2. The quantitative estimate of drug-likeness (QED) is 0.772. The summed E-state index contributed by atoms with van der Waals surface area (Å²) in [5.41, 5.74) is 2.49. The van der Waals surface area contributed by atoms with Crippen LogP contribution in [0.3, 0.4) is 0 Å². The van der Waals surface area contributed by atoms with Crippen molar-refractivity contribution in [3.63, 3.8) is 0 Å². The number of carbonyl (C=O) groups excluding carboxylic acids is 1. The third kappa shape index (κ3) is 3.44. The van der Waals surface area contributed by atoms with Gasteiger partial charge < -0.3 is 14.4 Å². The fourth-order valence-electron chi connectivity index (χ4n) is 3.27. The highest BCUT2D eigenvalue weighted by atomic mass is 16.8. The summed E-state index contributed by atoms with van der Waals surface area (Å²) in [7, 11) is 3.14. The second kappa shape index (κ2) is 7.63. The average molecular weight is 358 g/mol. The number of rotatable bonds is 6. The van der Waals surface area contributed by atoms with Crippen molar-refractivity contribution in [2.75, 3.05) is 26.0 Å². The lowest BCUT2D eigenvalue weighted by Gasteiger charge is -2.21. The molecular weight excluding hydrogens is 336 g/mol. The van der Waals surface area contributed by atoms with E-state index >= 15 is 0 Å². The van der Waals surface area contributed by atoms with Crippen molar-refractivity contribution >= 4 is 11.6 Å². The van der Waals surface area contributed by atoms with Crippen LogP contribution < -0.4 is 14.7 Å². The van der Waals surface area contributed by atoms with Crippen molar-refractivity contribution in [1.82, 2.24) is 4.90 Å². The molecule has 0 bridgehead atoms. The molecule has 0 atom stereocenters. The van der Waals surface area contributed by atoms with Crippen LogP contribution in [0.1, 0.15) is 18.4 Å². The molecule has 1 fully saturated rings. The van der Waals surface area contributed by atoms with E-state index in [1.165, 1.54) is 0 Å². The Morgan fingerprint density at radius 1 is 1.15 bits per heavy atom. The van der Waals surface area contributed by atoms with Gasteiger partial charge in [-0.2, -0.15) is 0 Å². The summed E-state index contributed by atoms with van der Waals surface area (Å²) in [5, 5.41) is 18.7. The molecule has 2 aromatic rings. The second-order valence-corrected chi connectivity index (χ2v) is 6.09. The maximum Gasteiger partial charge on any atom is 0.222 e. The highest BCUT2D eigenvalue weighted by Gasteiger charge is 2.24. The van der Waals surface area contributed by atoms with E-state index in [-0.39, 0.29) is 16.8 Å². The minimum atomic E-state index is 0.0647. The Kier molecular flexibility index (Phi) is 5.29. The van der Waals surface area contributed by atoms with Crippen LogP contribution in [0.15, 0.2) is 36.4 Å². The molecule has 2 aromatic carbocycles. The van der Waals surface area contributed by atoms with Gasteiger partial charge in [0.15, 0.2) is 0 Å². The first-order valence-electron chi connectivity index (χ1n) is 8.35. The molecule has 1 aliphatic heterocycles. The first-order valence-corrected chi connectivity index (χ1v) is 8.35. The van der Waals surface area contributed by atoms with Crippen LogP contribution in [0, 0.1) is 0 Å². The van der Waals surface area contributed by atoms with Gasteiger partial charge in [-0.05, 0) is 36.2 Å². The first-order chi connectivity index (χ1) is 12.5. The number of methoxy groups -OCH3 is 2. The molecule has 0 radical (unpaired) electrons. The van der Waals surface area contributed by atoms with Crippen molar-refractivity contribution in [2.24, 2.45) is 0 Å². The van der Waals surface area contributed by atoms with Crippen LogP contribution in [0.2, 0.25) is 0 Å². The van der Waals surface area contributed by atoms with Crippen LogP contribution in [0.4, 0.5) is 5.69 Å². The number of anilines is 1. The van der Waals surface area contributed by atoms with Gasteiger partial charge in [0, 0.05) is 25.1 Å². The van der Waals surface area contributed by atoms with E-state index in [1.807, 2.05) is 23.1 Å². The monoisotopic (exact) mass is 358 g/mol. The predicted molar refractivity (Wildman–Crippen MR) is 95.7 cm³/mol. The van der Waals surface area contributed by atoms with Gasteiger partial charge in [-0.3, -0.25) is 15.2 Å². The minimum Gasteiger partial charge on any atom is -0.496 e. The van der Waals surface area contributed by atoms with E-state index in [2.05, 4.69) is 0 Å². The lowest BCUT2D eigenvalue weighted by molar-refractivity contribution is -0.128. The van der Waals surface area contributed by atoms with Gasteiger partial charge in [0.2, 0.25) is 5.91 Å². The Morgan fingerprint density at radius 3 is 2.58 bits per heavy atom. The topological polar surface area (TPSA) is 82.5 Å². The lowest BCUT2D eigenvalue weighted by Crippen LogP contribution is -2.24. The standard InChI is InChI=1S/C19H22N2O5/c1-25-16-9-8-14(12-20-10-4-7-17(20)22)19(26-2)18(16)13-5-3-6-15(11-13)21(23)24/h3,5-6,8-9,11,23-24H,4,7,10,12H2,1-2H3. The molecule has 1 saturated heterocycles. The Balaban J connectivity index is 2.09. The maximum absolute atomic E-state index is 12.0. The predicted octanol–water partition coefficient (Wildman–Crippen LogP) is 3.08. The molecule has 1 amide bonds. The summed E-state index contributed by atoms with van der Waals surface area (Å²) in [6, 6.07) is 10.4. The lowest BCUT2D eigenvalue weighted by atomic mass is 9.99. The van der Waals surface area contributed by atoms with E-state index < -0.39 is 0 Å². The molecule has 0 aliphatic carbocycles. The molecule has 0 saturated carbocycles. The molecule has 1 aliphatic rings. The molecule has 3 rings (SSSR count). The molecule has 26 heavy (non-hydrogen) atoms. The average Bonchev–Trinajstić information content (AvgIpc) is 3.06. The van der Waals surface area contributed by atoms with E-state index in [0.29, 0.717) is 35.6 Å². The normalized spacial score (nSPS) is 13.8. The van der Waals surface area contributed by atoms with Gasteiger partial charge in [-0.25, -0.2) is 0 Å². The number of hydrogen-bond acceptors (Lipinski definition) is 6. The van der Waals surface area contributed by atoms with Crippen LogP contribution in [0.25, 0.3) is 11.1 Å². The minimum absolute atomic E-state index is 0.0647. The second-order valence-electron chi connectivity index (χ2n) is 6.09. The zero-order valence-electron chi connectivity index (χ0n) is 14.8. The SMILES string of the molecule is COc1ccc(CN2CCCC2=O)c(OC)c1-c1cccc(N(O)O)c1. The third-order valence-corrected chi connectivity index (χ3v) is 4.52. The number of carbonyl (C=O) groups is 1. The van der Waals surface area contributed by atoms with E-state index in [0.717, 1.165) is 18.5 Å². The maximum atomic E-state index is 12.0. The fraction of sp³-hybridized carbons (Fsp3) is 0.316. The molecule has 138 valence electrons. The molecule has 2 N–H and O–H groups in total. The molecular formula is C19H22N2O5. The highest BCUT2D eigenvalue weighted by Crippen LogP contribution is 2.42. The Bertz CT molecular complexity index is 807. The van der Waals surface area contributed by atoms with Gasteiger partial charge >= 0.3 is 0 Å². The van der Waals surface area contributed by atoms with Crippen molar-refractivity contribution in [3.8, 4) is 22.6 Å². The summed E-state index contributed by atoms with van der Waals surface area (Å²) < 4.78 is 11.2. The van der Waals surface area contributed by atoms with E-state index in [4.69, 9.17) is 9.47 Å². The van der Waals surface area contributed by atoms with Crippen molar-refractivity contribution in [3.05, 3.63) is 42.0 Å². The molecule has 0 unspecified atom stereocenters. The van der Waals surface area contributed by atoms with Gasteiger partial charge in [-0.1, -0.05) is 12.1 Å². The van der Waals surface area contributed by atoms with E-state index in [9.17, 15) is 15.2 Å². The Labute approximate surface area is 151 Å². The zero-order valence-corrected chi connectivity index (χ0v) is 14.8. The summed E-state index contributed by atoms with van der Waals surface area (Å²) in [6.07, 6.45) is 1.45. The first kappa shape index (κ1) is 18.0. The summed E-state index contributed by atoms with van der Waals surface area (Å²) >= 11 is 0. The molecule has 7 heteroatoms. The summed E-state index contributed by atoms with van der Waals surface area (Å²) in [6.45, 7) is 1.20. The van der Waals surface area contributed by atoms with Gasteiger partial charge in [0.25, 0.3) is 0 Å². The van der Waals surface area contributed by atoms with Crippen LogP contribution in [-0.4, -0.2) is 42.0 Å². The van der Waals surface area contributed by atoms with Crippen LogP contribution >= 0.6 is 0 Å². The van der Waals surface area contributed by atoms with Crippen molar-refractivity contribution < 1.29 is 24.7 Å². The number of benzene rings is 2. The number of ether oxygens (including phenoxy) is 2. The molecule has 1 heterocycles. The Hall–Kier alpha value is -2.77. The Morgan fingerprint density at radius 2 is 1.96 bits per heavy atom. The van der Waals surface area contributed by atoms with Gasteiger partial charge in [0.1, 0.15) is 11.5 Å². The molecule has 7 nitrogen and oxygen atoms in total. The summed E-state index contributed by atoms with van der Waals surface area (Å²) in [5.74, 6) is 1.34. The van der Waals surface area contributed by atoms with Gasteiger partial charge in [0.05, 0.1) is 25.5 Å². The van der Waals surface area contributed by atoms with Crippen molar-refractivity contribution in [1.29, 1.82) is 0 Å². The van der Waals surface area contributed by atoms with Gasteiger partial charge in [-0.15, -0.1) is 5.23 Å². The third-order valence-electron chi connectivity index (χ3n) is 4.52. The largest absolute Gasteiger partial charge is 0.496 e. The fourth-order valence-corrected chi connectivity index (χ4v) is 3.27. The van der Waals surface area contributed by atoms with Crippen molar-refractivity contribution in [2.45, 2.75) is 19.4 Å². The summed E-state index contributed by atoms with van der Waals surface area (Å²) in [4.78, 5) is 13.8.